The lowest BCUT2D eigenvalue weighted by Crippen LogP contribution is -2.08. The third kappa shape index (κ3) is 3.62. The molecule has 154 valence electrons. The van der Waals surface area contributed by atoms with E-state index in [2.05, 4.69) is 15.3 Å². The number of fused-ring (bicyclic) bond motifs is 1. The van der Waals surface area contributed by atoms with Crippen LogP contribution in [0.4, 0.5) is 0 Å². The number of carbonyl (C=O) groups excluding carboxylic acids is 1. The Bertz CT molecular complexity index is 1360. The summed E-state index contributed by atoms with van der Waals surface area (Å²) in [4.78, 5) is 14.2. The van der Waals surface area contributed by atoms with Crippen LogP contribution in [0, 0.1) is 6.92 Å². The first kappa shape index (κ1) is 19.2. The number of hydrogen-bond donors (Lipinski definition) is 0. The van der Waals surface area contributed by atoms with E-state index in [0.717, 1.165) is 27.2 Å². The topological polar surface area (TPSA) is 83.0 Å². The van der Waals surface area contributed by atoms with Crippen molar-refractivity contribution in [3.05, 3.63) is 83.2 Å². The van der Waals surface area contributed by atoms with Gasteiger partial charge in [-0.1, -0.05) is 36.4 Å². The zero-order chi connectivity index (χ0) is 21.4. The van der Waals surface area contributed by atoms with Gasteiger partial charge in [0.05, 0.1) is 11.4 Å². The number of nitrogens with zero attached hydrogens (tertiary/aromatic N) is 4. The molecule has 0 aliphatic rings. The second-order valence-electron chi connectivity index (χ2n) is 7.02. The van der Waals surface area contributed by atoms with E-state index in [1.807, 2.05) is 78.3 Å². The summed E-state index contributed by atoms with van der Waals surface area (Å²) in [6, 6.07) is 21.1. The van der Waals surface area contributed by atoms with Crippen molar-refractivity contribution in [3.8, 4) is 17.1 Å². The fourth-order valence-electron chi connectivity index (χ4n) is 3.26. The van der Waals surface area contributed by atoms with Gasteiger partial charge in [-0.2, -0.15) is 5.10 Å². The Hall–Kier alpha value is -3.78. The number of para-hydroxylation sites is 1. The molecule has 5 rings (SSSR count). The van der Waals surface area contributed by atoms with E-state index in [-0.39, 0.29) is 5.89 Å². The summed E-state index contributed by atoms with van der Waals surface area (Å²) in [5.41, 5.74) is 2.60. The lowest BCUT2D eigenvalue weighted by atomic mass is 10.2. The van der Waals surface area contributed by atoms with Crippen molar-refractivity contribution in [2.45, 2.75) is 20.0 Å². The monoisotopic (exact) mass is 430 g/mol. The summed E-state index contributed by atoms with van der Waals surface area (Å²) in [7, 11) is 0. The molecule has 5 aromatic rings. The van der Waals surface area contributed by atoms with Crippen molar-refractivity contribution in [1.29, 1.82) is 0 Å². The van der Waals surface area contributed by atoms with Gasteiger partial charge in [0.15, 0.2) is 6.10 Å². The van der Waals surface area contributed by atoms with Crippen molar-refractivity contribution < 1.29 is 13.9 Å². The fraction of sp³-hybridized carbons (Fsp3) is 0.130. The Morgan fingerprint density at radius 2 is 1.77 bits per heavy atom. The smallest absolute Gasteiger partial charge is 0.349 e. The van der Waals surface area contributed by atoms with Crippen LogP contribution in [-0.4, -0.2) is 25.9 Å². The highest BCUT2D eigenvalue weighted by atomic mass is 32.1. The highest BCUT2D eigenvalue weighted by molar-refractivity contribution is 7.20. The van der Waals surface area contributed by atoms with Crippen molar-refractivity contribution >= 4 is 27.5 Å². The second-order valence-corrected chi connectivity index (χ2v) is 8.05. The standard InChI is InChI=1S/C23H18N4O3S/c1-14-18-13-19(31-22(18)27(26-14)17-11-7-4-8-12-17)23(28)29-15(2)20-24-25-21(30-20)16-9-5-3-6-10-16/h3-13,15H,1-2H3/t15-/m1/s1. The zero-order valence-electron chi connectivity index (χ0n) is 16.9. The van der Waals surface area contributed by atoms with Gasteiger partial charge in [0.1, 0.15) is 9.71 Å². The van der Waals surface area contributed by atoms with E-state index in [1.54, 1.807) is 6.92 Å². The first-order valence-corrected chi connectivity index (χ1v) is 10.6. The first-order chi connectivity index (χ1) is 15.1. The number of ether oxygens (including phenoxy) is 1. The quantitative estimate of drug-likeness (QED) is 0.349. The van der Waals surface area contributed by atoms with Crippen LogP contribution in [0.2, 0.25) is 0 Å². The summed E-state index contributed by atoms with van der Waals surface area (Å²) in [5, 5.41) is 13.6. The molecule has 0 fully saturated rings. The van der Waals surface area contributed by atoms with Crippen LogP contribution in [0.3, 0.4) is 0 Å². The van der Waals surface area contributed by atoms with E-state index >= 15 is 0 Å². The summed E-state index contributed by atoms with van der Waals surface area (Å²) in [6.45, 7) is 3.64. The molecule has 0 aliphatic carbocycles. The van der Waals surface area contributed by atoms with Gasteiger partial charge in [0, 0.05) is 10.9 Å². The van der Waals surface area contributed by atoms with Crippen LogP contribution < -0.4 is 0 Å². The molecule has 0 spiro atoms. The van der Waals surface area contributed by atoms with Gasteiger partial charge < -0.3 is 9.15 Å². The number of hydrogen-bond acceptors (Lipinski definition) is 7. The molecule has 0 bridgehead atoms. The number of rotatable bonds is 5. The molecule has 31 heavy (non-hydrogen) atoms. The average molecular weight is 430 g/mol. The Labute approximate surface area is 181 Å². The fourth-order valence-corrected chi connectivity index (χ4v) is 4.32. The molecule has 1 atom stereocenters. The number of aromatic nitrogens is 4. The zero-order valence-corrected chi connectivity index (χ0v) is 17.7. The van der Waals surface area contributed by atoms with E-state index in [4.69, 9.17) is 9.15 Å². The summed E-state index contributed by atoms with van der Waals surface area (Å²) < 4.78 is 13.1. The molecule has 0 radical (unpaired) electrons. The Morgan fingerprint density at radius 3 is 2.52 bits per heavy atom. The van der Waals surface area contributed by atoms with Gasteiger partial charge in [-0.3, -0.25) is 0 Å². The normalized spacial score (nSPS) is 12.2. The maximum atomic E-state index is 12.8. The maximum Gasteiger partial charge on any atom is 0.349 e. The highest BCUT2D eigenvalue weighted by Gasteiger charge is 2.23. The minimum absolute atomic E-state index is 0.250. The van der Waals surface area contributed by atoms with E-state index in [9.17, 15) is 4.79 Å². The molecule has 2 aromatic carbocycles. The van der Waals surface area contributed by atoms with Crippen LogP contribution in [0.25, 0.3) is 27.4 Å². The van der Waals surface area contributed by atoms with Gasteiger partial charge in [-0.25, -0.2) is 9.48 Å². The third-order valence-electron chi connectivity index (χ3n) is 4.84. The third-order valence-corrected chi connectivity index (χ3v) is 5.93. The second kappa shape index (κ2) is 7.81. The summed E-state index contributed by atoms with van der Waals surface area (Å²) in [6.07, 6.45) is -0.672. The van der Waals surface area contributed by atoms with Crippen LogP contribution >= 0.6 is 11.3 Å². The lowest BCUT2D eigenvalue weighted by molar-refractivity contribution is 0.0286. The molecular formula is C23H18N4O3S. The minimum atomic E-state index is -0.672. The summed E-state index contributed by atoms with van der Waals surface area (Å²) in [5.74, 6) is 0.200. The van der Waals surface area contributed by atoms with Gasteiger partial charge in [-0.15, -0.1) is 21.5 Å². The predicted octanol–water partition coefficient (Wildman–Crippen LogP) is 5.36. The Kier molecular flexibility index (Phi) is 4.83. The van der Waals surface area contributed by atoms with E-state index < -0.39 is 12.1 Å². The van der Waals surface area contributed by atoms with Gasteiger partial charge in [0.25, 0.3) is 5.89 Å². The molecule has 8 heteroatoms. The highest BCUT2D eigenvalue weighted by Crippen LogP contribution is 2.32. The van der Waals surface area contributed by atoms with Crippen LogP contribution in [0.1, 0.15) is 34.3 Å². The lowest BCUT2D eigenvalue weighted by Gasteiger charge is -2.08. The molecule has 0 N–H and O–H groups in total. The van der Waals surface area contributed by atoms with Crippen molar-refractivity contribution in [3.63, 3.8) is 0 Å². The Morgan fingerprint density at radius 1 is 1.06 bits per heavy atom. The van der Waals surface area contributed by atoms with Gasteiger partial charge in [0.2, 0.25) is 5.89 Å². The van der Waals surface area contributed by atoms with Crippen LogP contribution in [-0.2, 0) is 4.74 Å². The predicted molar refractivity (Wildman–Crippen MR) is 117 cm³/mol. The average Bonchev–Trinajstić information content (AvgIpc) is 3.52. The van der Waals surface area contributed by atoms with Crippen LogP contribution in [0.15, 0.2) is 71.1 Å². The van der Waals surface area contributed by atoms with Gasteiger partial charge >= 0.3 is 5.97 Å². The number of carbonyl (C=O) groups is 1. The molecule has 3 heterocycles. The van der Waals surface area contributed by atoms with E-state index in [0.29, 0.717) is 10.8 Å². The van der Waals surface area contributed by atoms with E-state index in [1.165, 1.54) is 11.3 Å². The molecule has 0 aliphatic heterocycles. The molecule has 0 saturated heterocycles. The van der Waals surface area contributed by atoms with Crippen molar-refractivity contribution in [2.24, 2.45) is 0 Å². The molecule has 0 saturated carbocycles. The SMILES string of the molecule is Cc1nn(-c2ccccc2)c2sc(C(=O)O[C@H](C)c3nnc(-c4ccccc4)o3)cc12. The molecular weight excluding hydrogens is 412 g/mol. The van der Waals surface area contributed by atoms with Gasteiger partial charge in [-0.05, 0) is 44.2 Å². The van der Waals surface area contributed by atoms with Crippen molar-refractivity contribution in [1.82, 2.24) is 20.0 Å². The maximum absolute atomic E-state index is 12.8. The van der Waals surface area contributed by atoms with Crippen LogP contribution in [0.5, 0.6) is 0 Å². The number of aryl methyl sites for hydroxylation is 1. The summed E-state index contributed by atoms with van der Waals surface area (Å²) >= 11 is 1.35. The number of thiophene rings is 1. The first-order valence-electron chi connectivity index (χ1n) is 9.74. The molecule has 7 nitrogen and oxygen atoms in total. The Balaban J connectivity index is 1.38. The van der Waals surface area contributed by atoms with Crippen molar-refractivity contribution in [2.75, 3.05) is 0 Å². The molecule has 0 amide bonds. The molecule has 0 unspecified atom stereocenters. The largest absolute Gasteiger partial charge is 0.448 e. The number of esters is 1. The minimum Gasteiger partial charge on any atom is -0.448 e. The number of benzene rings is 2. The molecule has 3 aromatic heterocycles.